The highest BCUT2D eigenvalue weighted by Gasteiger charge is 2.02. The molecule has 1 rings (SSSR count). The van der Waals surface area contributed by atoms with Crippen LogP contribution in [0.5, 0.6) is 0 Å². The first-order valence-electron chi connectivity index (χ1n) is 3.99. The van der Waals surface area contributed by atoms with Gasteiger partial charge in [-0.05, 0) is 23.6 Å². The van der Waals surface area contributed by atoms with Crippen LogP contribution in [0.1, 0.15) is 16.7 Å². The lowest BCUT2D eigenvalue weighted by Crippen LogP contribution is -2.00. The number of carboxylic acid groups (broad SMARTS) is 1. The first-order chi connectivity index (χ1) is 6.13. The van der Waals surface area contributed by atoms with Crippen molar-refractivity contribution in [3.8, 4) is 0 Å². The Morgan fingerprint density at radius 2 is 2.23 bits per heavy atom. The lowest BCUT2D eigenvalue weighted by molar-refractivity contribution is -0.136. The smallest absolute Gasteiger partial charge is 0.307 e. The van der Waals surface area contributed by atoms with Crippen molar-refractivity contribution in [2.75, 3.05) is 0 Å². The Labute approximate surface area is 85.7 Å². The molecular weight excluding hydrogens is 232 g/mol. The zero-order valence-electron chi connectivity index (χ0n) is 7.38. The summed E-state index contributed by atoms with van der Waals surface area (Å²) in [5.74, 6) is -0.786. The quantitative estimate of drug-likeness (QED) is 0.828. The minimum atomic E-state index is -0.786. The Balaban J connectivity index is 2.89. The van der Waals surface area contributed by atoms with Crippen LogP contribution in [0.15, 0.2) is 18.2 Å². The second kappa shape index (κ2) is 4.42. The van der Waals surface area contributed by atoms with Gasteiger partial charge in [0.25, 0.3) is 0 Å². The zero-order valence-corrected chi connectivity index (χ0v) is 8.97. The number of benzene rings is 1. The molecule has 1 aromatic carbocycles. The molecule has 70 valence electrons. The third kappa shape index (κ3) is 2.84. The molecule has 0 aliphatic rings. The van der Waals surface area contributed by atoms with E-state index >= 15 is 0 Å². The number of halogens is 1. The van der Waals surface area contributed by atoms with E-state index in [2.05, 4.69) is 15.9 Å². The average molecular weight is 243 g/mol. The summed E-state index contributed by atoms with van der Waals surface area (Å²) in [6.45, 7) is 1.99. The Morgan fingerprint density at radius 3 is 2.69 bits per heavy atom. The predicted molar refractivity (Wildman–Crippen MR) is 55.1 cm³/mol. The first-order valence-corrected chi connectivity index (χ1v) is 5.12. The van der Waals surface area contributed by atoms with E-state index in [9.17, 15) is 4.79 Å². The molecular formula is C10H11BrO2. The summed E-state index contributed by atoms with van der Waals surface area (Å²) >= 11 is 3.37. The fraction of sp³-hybridized carbons (Fsp3) is 0.300. The highest BCUT2D eigenvalue weighted by molar-refractivity contribution is 9.08. The standard InChI is InChI=1S/C10H11BrO2/c1-7-4-8(5-10(12)13)2-3-9(7)6-11/h2-4H,5-6H2,1H3,(H,12,13). The number of carboxylic acids is 1. The predicted octanol–water partition coefficient (Wildman–Crippen LogP) is 2.52. The highest BCUT2D eigenvalue weighted by atomic mass is 79.9. The maximum absolute atomic E-state index is 10.4. The number of aryl methyl sites for hydroxylation is 1. The van der Waals surface area contributed by atoms with Crippen LogP contribution in [-0.2, 0) is 16.5 Å². The van der Waals surface area contributed by atoms with Crippen LogP contribution in [0.4, 0.5) is 0 Å². The van der Waals surface area contributed by atoms with Gasteiger partial charge in [0.2, 0.25) is 0 Å². The van der Waals surface area contributed by atoms with Crippen molar-refractivity contribution in [2.45, 2.75) is 18.7 Å². The number of hydrogen-bond donors (Lipinski definition) is 1. The molecule has 0 atom stereocenters. The van der Waals surface area contributed by atoms with Gasteiger partial charge in [0.15, 0.2) is 0 Å². The fourth-order valence-corrected chi connectivity index (χ4v) is 1.82. The first kappa shape index (κ1) is 10.3. The van der Waals surface area contributed by atoms with Gasteiger partial charge in [0, 0.05) is 5.33 Å². The van der Waals surface area contributed by atoms with E-state index in [1.165, 1.54) is 5.56 Å². The summed E-state index contributed by atoms with van der Waals surface area (Å²) in [7, 11) is 0. The van der Waals surface area contributed by atoms with Gasteiger partial charge >= 0.3 is 5.97 Å². The summed E-state index contributed by atoms with van der Waals surface area (Å²) in [6.07, 6.45) is 0.101. The molecule has 0 bridgehead atoms. The van der Waals surface area contributed by atoms with E-state index in [0.29, 0.717) is 0 Å². The summed E-state index contributed by atoms with van der Waals surface area (Å²) in [6, 6.07) is 5.74. The Morgan fingerprint density at radius 1 is 1.54 bits per heavy atom. The van der Waals surface area contributed by atoms with Crippen molar-refractivity contribution >= 4 is 21.9 Å². The summed E-state index contributed by atoms with van der Waals surface area (Å²) in [4.78, 5) is 10.4. The molecule has 0 aliphatic heterocycles. The van der Waals surface area contributed by atoms with Gasteiger partial charge in [-0.15, -0.1) is 0 Å². The molecule has 0 radical (unpaired) electrons. The molecule has 2 nitrogen and oxygen atoms in total. The molecule has 0 aliphatic carbocycles. The molecule has 0 aromatic heterocycles. The lowest BCUT2D eigenvalue weighted by Gasteiger charge is -2.03. The molecule has 3 heteroatoms. The molecule has 0 heterocycles. The summed E-state index contributed by atoms with van der Waals surface area (Å²) in [5, 5.41) is 9.39. The van der Waals surface area contributed by atoms with Gasteiger partial charge in [0.05, 0.1) is 6.42 Å². The Bertz CT molecular complexity index is 321. The second-order valence-electron chi connectivity index (χ2n) is 2.96. The van der Waals surface area contributed by atoms with Gasteiger partial charge in [-0.1, -0.05) is 34.1 Å². The van der Waals surface area contributed by atoms with Crippen molar-refractivity contribution in [1.82, 2.24) is 0 Å². The normalized spacial score (nSPS) is 10.0. The van der Waals surface area contributed by atoms with E-state index < -0.39 is 5.97 Å². The molecule has 0 saturated carbocycles. The number of rotatable bonds is 3. The van der Waals surface area contributed by atoms with Gasteiger partial charge in [-0.3, -0.25) is 4.79 Å². The summed E-state index contributed by atoms with van der Waals surface area (Å²) in [5.41, 5.74) is 3.19. The van der Waals surface area contributed by atoms with Crippen LogP contribution in [-0.4, -0.2) is 11.1 Å². The number of carbonyl (C=O) groups is 1. The molecule has 13 heavy (non-hydrogen) atoms. The van der Waals surface area contributed by atoms with Crippen LogP contribution in [0, 0.1) is 6.92 Å². The molecule has 0 saturated heterocycles. The number of aliphatic carboxylic acids is 1. The van der Waals surface area contributed by atoms with Crippen LogP contribution < -0.4 is 0 Å². The molecule has 1 aromatic rings. The third-order valence-electron chi connectivity index (χ3n) is 1.91. The third-order valence-corrected chi connectivity index (χ3v) is 2.51. The van der Waals surface area contributed by atoms with Crippen LogP contribution in [0.2, 0.25) is 0 Å². The minimum Gasteiger partial charge on any atom is -0.481 e. The van der Waals surface area contributed by atoms with Crippen molar-refractivity contribution < 1.29 is 9.90 Å². The minimum absolute atomic E-state index is 0.101. The molecule has 0 amide bonds. The summed E-state index contributed by atoms with van der Waals surface area (Å²) < 4.78 is 0. The maximum atomic E-state index is 10.4. The van der Waals surface area contributed by atoms with E-state index in [1.807, 2.05) is 25.1 Å². The average Bonchev–Trinajstić information content (AvgIpc) is 2.03. The van der Waals surface area contributed by atoms with E-state index in [-0.39, 0.29) is 6.42 Å². The van der Waals surface area contributed by atoms with Gasteiger partial charge < -0.3 is 5.11 Å². The van der Waals surface area contributed by atoms with Gasteiger partial charge in [0.1, 0.15) is 0 Å². The van der Waals surface area contributed by atoms with E-state index in [0.717, 1.165) is 16.5 Å². The monoisotopic (exact) mass is 242 g/mol. The van der Waals surface area contributed by atoms with Crippen molar-refractivity contribution in [3.05, 3.63) is 34.9 Å². The molecule has 0 spiro atoms. The molecule has 1 N–H and O–H groups in total. The lowest BCUT2D eigenvalue weighted by atomic mass is 10.0. The highest BCUT2D eigenvalue weighted by Crippen LogP contribution is 2.14. The number of hydrogen-bond acceptors (Lipinski definition) is 1. The van der Waals surface area contributed by atoms with Crippen molar-refractivity contribution in [1.29, 1.82) is 0 Å². The maximum Gasteiger partial charge on any atom is 0.307 e. The second-order valence-corrected chi connectivity index (χ2v) is 3.53. The number of alkyl halides is 1. The van der Waals surface area contributed by atoms with Crippen LogP contribution >= 0.6 is 15.9 Å². The van der Waals surface area contributed by atoms with E-state index in [4.69, 9.17) is 5.11 Å². The van der Waals surface area contributed by atoms with Crippen molar-refractivity contribution in [2.24, 2.45) is 0 Å². The Hall–Kier alpha value is -0.830. The van der Waals surface area contributed by atoms with Gasteiger partial charge in [-0.2, -0.15) is 0 Å². The molecule has 0 fully saturated rings. The SMILES string of the molecule is Cc1cc(CC(=O)O)ccc1CBr. The van der Waals surface area contributed by atoms with Crippen molar-refractivity contribution in [3.63, 3.8) is 0 Å². The Kier molecular flexibility index (Phi) is 3.48. The fourth-order valence-electron chi connectivity index (χ4n) is 1.19. The van der Waals surface area contributed by atoms with Gasteiger partial charge in [-0.25, -0.2) is 0 Å². The van der Waals surface area contributed by atoms with E-state index in [1.54, 1.807) is 0 Å². The molecule has 0 unspecified atom stereocenters. The van der Waals surface area contributed by atoms with Crippen LogP contribution in [0.3, 0.4) is 0 Å². The zero-order chi connectivity index (χ0) is 9.84. The largest absolute Gasteiger partial charge is 0.481 e. The van der Waals surface area contributed by atoms with Crippen LogP contribution in [0.25, 0.3) is 0 Å². The topological polar surface area (TPSA) is 37.3 Å².